The number of carboxylic acid groups (broad SMARTS) is 1. The summed E-state index contributed by atoms with van der Waals surface area (Å²) >= 11 is 0. The summed E-state index contributed by atoms with van der Waals surface area (Å²) in [5, 5.41) is 12.2. The second-order valence-electron chi connectivity index (χ2n) is 8.92. The van der Waals surface area contributed by atoms with Crippen molar-refractivity contribution in [2.75, 3.05) is 26.3 Å². The number of carbonyl (C=O) groups excluding carboxylic acids is 2. The molecule has 0 radical (unpaired) electrons. The highest BCUT2D eigenvalue weighted by atomic mass is 16.5. The largest absolute Gasteiger partial charge is 0.480 e. The van der Waals surface area contributed by atoms with Crippen LogP contribution < -0.4 is 5.32 Å². The first-order valence-corrected chi connectivity index (χ1v) is 12.2. The Morgan fingerprint density at radius 3 is 2.34 bits per heavy atom. The van der Waals surface area contributed by atoms with Crippen LogP contribution >= 0.6 is 0 Å². The van der Waals surface area contributed by atoms with Gasteiger partial charge in [0, 0.05) is 25.6 Å². The van der Waals surface area contributed by atoms with Crippen LogP contribution in [0.2, 0.25) is 0 Å². The van der Waals surface area contributed by atoms with E-state index < -0.39 is 24.2 Å². The smallest absolute Gasteiger partial charge is 0.407 e. The van der Waals surface area contributed by atoms with Gasteiger partial charge in [0.2, 0.25) is 5.91 Å². The van der Waals surface area contributed by atoms with Crippen LogP contribution in [-0.4, -0.2) is 66.4 Å². The van der Waals surface area contributed by atoms with E-state index in [4.69, 9.17) is 9.47 Å². The van der Waals surface area contributed by atoms with E-state index in [1.165, 1.54) is 4.90 Å². The van der Waals surface area contributed by atoms with Crippen molar-refractivity contribution in [1.82, 2.24) is 10.2 Å². The van der Waals surface area contributed by atoms with E-state index in [1.807, 2.05) is 31.2 Å². The molecule has 1 aliphatic carbocycles. The van der Waals surface area contributed by atoms with Gasteiger partial charge in [-0.2, -0.15) is 0 Å². The van der Waals surface area contributed by atoms with Crippen molar-refractivity contribution in [3.8, 4) is 11.1 Å². The maximum absolute atomic E-state index is 12.8. The Bertz CT molecular complexity index is 1030. The SMILES string of the molecule is CCOC(CNC(=O)OCC1c2ccccc2-c2ccccc21)CC(=O)N1CCCC[C@H]1C(=O)O. The van der Waals surface area contributed by atoms with Crippen molar-refractivity contribution in [1.29, 1.82) is 0 Å². The Balaban J connectivity index is 1.31. The van der Waals surface area contributed by atoms with Gasteiger partial charge in [0.1, 0.15) is 12.6 Å². The Labute approximate surface area is 205 Å². The van der Waals surface area contributed by atoms with Gasteiger partial charge in [-0.15, -0.1) is 0 Å². The van der Waals surface area contributed by atoms with E-state index in [0.717, 1.165) is 35.1 Å². The molecule has 186 valence electrons. The summed E-state index contributed by atoms with van der Waals surface area (Å²) in [5.41, 5.74) is 4.58. The molecule has 2 atom stereocenters. The lowest BCUT2D eigenvalue weighted by atomic mass is 9.98. The zero-order valence-electron chi connectivity index (χ0n) is 19.9. The van der Waals surface area contributed by atoms with Crippen LogP contribution in [0.4, 0.5) is 4.79 Å². The maximum atomic E-state index is 12.8. The van der Waals surface area contributed by atoms with Crippen LogP contribution in [0.15, 0.2) is 48.5 Å². The average molecular weight is 481 g/mol. The summed E-state index contributed by atoms with van der Waals surface area (Å²) in [6.45, 7) is 2.90. The molecule has 8 heteroatoms. The Morgan fingerprint density at radius 1 is 1.06 bits per heavy atom. The molecule has 0 spiro atoms. The van der Waals surface area contributed by atoms with Gasteiger partial charge in [0.05, 0.1) is 12.5 Å². The van der Waals surface area contributed by atoms with E-state index in [0.29, 0.717) is 19.6 Å². The predicted octanol–water partition coefficient (Wildman–Crippen LogP) is 3.79. The Kier molecular flexibility index (Phi) is 8.02. The molecule has 1 unspecified atom stereocenters. The van der Waals surface area contributed by atoms with Gasteiger partial charge in [-0.1, -0.05) is 48.5 Å². The first kappa shape index (κ1) is 24.7. The summed E-state index contributed by atoms with van der Waals surface area (Å²) in [5.74, 6) is -1.29. The minimum Gasteiger partial charge on any atom is -0.480 e. The molecular weight excluding hydrogens is 448 g/mol. The van der Waals surface area contributed by atoms with E-state index in [2.05, 4.69) is 29.6 Å². The molecule has 2 aromatic rings. The fourth-order valence-electron chi connectivity index (χ4n) is 5.07. The third kappa shape index (κ3) is 5.65. The second-order valence-corrected chi connectivity index (χ2v) is 8.92. The number of piperidine rings is 1. The minimum absolute atomic E-state index is 0.00127. The van der Waals surface area contributed by atoms with E-state index in [-0.39, 0.29) is 31.4 Å². The molecule has 1 aliphatic heterocycles. The standard InChI is InChI=1S/C27H32N2O6/c1-2-34-18(15-25(30)29-14-8-7-13-24(29)26(31)32)16-28-27(33)35-17-23-21-11-5-3-9-19(21)20-10-4-6-12-22(20)23/h3-6,9-12,18,23-24H,2,7-8,13-17H2,1H3,(H,28,33)(H,31,32)/t18?,24-/m0/s1. The number of aliphatic carboxylic acids is 1. The van der Waals surface area contributed by atoms with Gasteiger partial charge >= 0.3 is 12.1 Å². The molecule has 2 aromatic carbocycles. The quantitative estimate of drug-likeness (QED) is 0.566. The number of rotatable bonds is 9. The van der Waals surface area contributed by atoms with Crippen molar-refractivity contribution in [2.45, 2.75) is 50.7 Å². The second kappa shape index (κ2) is 11.4. The number of alkyl carbamates (subject to hydrolysis) is 1. The molecular formula is C27H32N2O6. The number of nitrogens with one attached hydrogen (secondary N) is 1. The molecule has 1 fully saturated rings. The van der Waals surface area contributed by atoms with Crippen LogP contribution in [0.5, 0.6) is 0 Å². The number of amides is 2. The summed E-state index contributed by atoms with van der Waals surface area (Å²) < 4.78 is 11.2. The number of benzene rings is 2. The van der Waals surface area contributed by atoms with Gasteiger partial charge in [-0.05, 0) is 48.4 Å². The Morgan fingerprint density at radius 2 is 1.71 bits per heavy atom. The third-order valence-corrected chi connectivity index (χ3v) is 6.73. The molecule has 2 N–H and O–H groups in total. The van der Waals surface area contributed by atoms with Crippen LogP contribution in [-0.2, 0) is 19.1 Å². The van der Waals surface area contributed by atoms with Crippen molar-refractivity contribution < 1.29 is 29.0 Å². The van der Waals surface area contributed by atoms with Gasteiger partial charge in [0.15, 0.2) is 0 Å². The van der Waals surface area contributed by atoms with Gasteiger partial charge in [-0.3, -0.25) is 4.79 Å². The molecule has 2 aliphatic rings. The number of nitrogens with zero attached hydrogens (tertiary/aromatic N) is 1. The number of carboxylic acids is 1. The zero-order chi connectivity index (χ0) is 24.8. The summed E-state index contributed by atoms with van der Waals surface area (Å²) in [6.07, 6.45) is 0.889. The monoisotopic (exact) mass is 480 g/mol. The number of likely N-dealkylation sites (tertiary alicyclic amines) is 1. The highest BCUT2D eigenvalue weighted by Crippen LogP contribution is 2.44. The van der Waals surface area contributed by atoms with Crippen molar-refractivity contribution in [2.24, 2.45) is 0 Å². The predicted molar refractivity (Wildman–Crippen MR) is 130 cm³/mol. The molecule has 8 nitrogen and oxygen atoms in total. The molecule has 35 heavy (non-hydrogen) atoms. The molecule has 0 aromatic heterocycles. The average Bonchev–Trinajstić information content (AvgIpc) is 3.19. The van der Waals surface area contributed by atoms with Gasteiger partial charge < -0.3 is 24.8 Å². The normalized spacial score (nSPS) is 17.9. The summed E-state index contributed by atoms with van der Waals surface area (Å²) in [6, 6.07) is 15.5. The summed E-state index contributed by atoms with van der Waals surface area (Å²) in [4.78, 5) is 38.3. The molecule has 0 saturated carbocycles. The van der Waals surface area contributed by atoms with Crippen LogP contribution in [0.25, 0.3) is 11.1 Å². The van der Waals surface area contributed by atoms with Crippen molar-refractivity contribution >= 4 is 18.0 Å². The third-order valence-electron chi connectivity index (χ3n) is 6.73. The molecule has 0 bridgehead atoms. The highest BCUT2D eigenvalue weighted by molar-refractivity contribution is 5.84. The number of hydrogen-bond acceptors (Lipinski definition) is 5. The number of fused-ring (bicyclic) bond motifs is 3. The highest BCUT2D eigenvalue weighted by Gasteiger charge is 2.33. The fourth-order valence-corrected chi connectivity index (χ4v) is 5.07. The van der Waals surface area contributed by atoms with Gasteiger partial charge in [0.25, 0.3) is 0 Å². The maximum Gasteiger partial charge on any atom is 0.407 e. The minimum atomic E-state index is -0.984. The van der Waals surface area contributed by atoms with Crippen LogP contribution in [0, 0.1) is 0 Å². The van der Waals surface area contributed by atoms with E-state index in [1.54, 1.807) is 0 Å². The lowest BCUT2D eigenvalue weighted by Crippen LogP contribution is -2.49. The topological polar surface area (TPSA) is 105 Å². The van der Waals surface area contributed by atoms with Crippen LogP contribution in [0.1, 0.15) is 49.7 Å². The van der Waals surface area contributed by atoms with E-state index in [9.17, 15) is 19.5 Å². The van der Waals surface area contributed by atoms with Crippen molar-refractivity contribution in [3.05, 3.63) is 59.7 Å². The van der Waals surface area contributed by atoms with Crippen molar-refractivity contribution in [3.63, 3.8) is 0 Å². The first-order valence-electron chi connectivity index (χ1n) is 12.2. The molecule has 1 heterocycles. The number of ether oxygens (including phenoxy) is 2. The lowest BCUT2D eigenvalue weighted by molar-refractivity contribution is -0.153. The summed E-state index contributed by atoms with van der Waals surface area (Å²) in [7, 11) is 0. The van der Waals surface area contributed by atoms with E-state index >= 15 is 0 Å². The fraction of sp³-hybridized carbons (Fsp3) is 0.444. The first-order chi connectivity index (χ1) is 17.0. The lowest BCUT2D eigenvalue weighted by Gasteiger charge is -2.34. The molecule has 1 saturated heterocycles. The molecule has 4 rings (SSSR count). The van der Waals surface area contributed by atoms with Crippen LogP contribution in [0.3, 0.4) is 0 Å². The number of carbonyl (C=O) groups is 3. The van der Waals surface area contributed by atoms with Gasteiger partial charge in [-0.25, -0.2) is 9.59 Å². The molecule has 2 amide bonds. The zero-order valence-corrected chi connectivity index (χ0v) is 19.9. The Hall–Kier alpha value is -3.39. The number of hydrogen-bond donors (Lipinski definition) is 2.